The van der Waals surface area contributed by atoms with Crippen molar-refractivity contribution in [1.82, 2.24) is 10.2 Å². The fourth-order valence-electron chi connectivity index (χ4n) is 2.52. The van der Waals surface area contributed by atoms with Crippen LogP contribution in [0.15, 0.2) is 24.3 Å². The lowest BCUT2D eigenvalue weighted by Gasteiger charge is -2.26. The van der Waals surface area contributed by atoms with E-state index in [0.29, 0.717) is 0 Å². The molecule has 16 heavy (non-hydrogen) atoms. The summed E-state index contributed by atoms with van der Waals surface area (Å²) in [5.74, 6) is 0. The zero-order valence-corrected chi connectivity index (χ0v) is 10.6. The van der Waals surface area contributed by atoms with Gasteiger partial charge in [-0.2, -0.15) is 0 Å². The van der Waals surface area contributed by atoms with Gasteiger partial charge in [-0.05, 0) is 51.5 Å². The van der Waals surface area contributed by atoms with Crippen LogP contribution in [-0.2, 0) is 12.1 Å². The van der Waals surface area contributed by atoms with E-state index >= 15 is 0 Å². The summed E-state index contributed by atoms with van der Waals surface area (Å²) in [4.78, 5) is 2.21. The summed E-state index contributed by atoms with van der Waals surface area (Å²) in [5, 5.41) is 3.62. The number of nitrogens with one attached hydrogen (secondary N) is 1. The molecule has 2 nitrogen and oxygen atoms in total. The third-order valence-electron chi connectivity index (χ3n) is 3.43. The Labute approximate surface area is 98.7 Å². The maximum atomic E-state index is 3.62. The molecular formula is C14H22N2. The molecule has 0 bridgehead atoms. The minimum Gasteiger partial charge on any atom is -0.308 e. The Balaban J connectivity index is 2.21. The first-order chi connectivity index (χ1) is 7.60. The molecule has 0 aliphatic carbocycles. The van der Waals surface area contributed by atoms with Gasteiger partial charge in [0.2, 0.25) is 0 Å². The van der Waals surface area contributed by atoms with E-state index in [2.05, 4.69) is 55.5 Å². The Morgan fingerprint density at radius 1 is 1.38 bits per heavy atom. The third kappa shape index (κ3) is 2.45. The second kappa shape index (κ2) is 4.56. The maximum absolute atomic E-state index is 3.62. The van der Waals surface area contributed by atoms with Gasteiger partial charge in [0.25, 0.3) is 0 Å². The summed E-state index contributed by atoms with van der Waals surface area (Å²) < 4.78 is 0. The fraction of sp³-hybridized carbons (Fsp3) is 0.571. The molecule has 1 atom stereocenters. The molecule has 0 amide bonds. The maximum Gasteiger partial charge on any atom is 0.0406 e. The molecule has 88 valence electrons. The lowest BCUT2D eigenvalue weighted by molar-refractivity contribution is 0.399. The molecule has 1 aliphatic rings. The largest absolute Gasteiger partial charge is 0.308 e. The van der Waals surface area contributed by atoms with Gasteiger partial charge in [-0.15, -0.1) is 0 Å². The summed E-state index contributed by atoms with van der Waals surface area (Å²) in [6.07, 6.45) is 2.53. The topological polar surface area (TPSA) is 15.3 Å². The van der Waals surface area contributed by atoms with Gasteiger partial charge >= 0.3 is 0 Å². The summed E-state index contributed by atoms with van der Waals surface area (Å²) in [6.45, 7) is 4.48. The Kier molecular flexibility index (Phi) is 3.31. The Hall–Kier alpha value is -0.860. The van der Waals surface area contributed by atoms with Crippen molar-refractivity contribution < 1.29 is 0 Å². The highest BCUT2D eigenvalue weighted by molar-refractivity contribution is 5.30. The predicted octanol–water partition coefficient (Wildman–Crippen LogP) is 2.35. The van der Waals surface area contributed by atoms with Gasteiger partial charge in [-0.3, -0.25) is 0 Å². The first kappa shape index (κ1) is 11.6. The summed E-state index contributed by atoms with van der Waals surface area (Å²) >= 11 is 0. The lowest BCUT2D eigenvalue weighted by Crippen LogP contribution is -2.33. The van der Waals surface area contributed by atoms with Gasteiger partial charge in [0.05, 0.1) is 0 Å². The van der Waals surface area contributed by atoms with Crippen molar-refractivity contribution in [3.63, 3.8) is 0 Å². The van der Waals surface area contributed by atoms with E-state index in [1.54, 1.807) is 0 Å². The second-order valence-corrected chi connectivity index (χ2v) is 5.30. The minimum absolute atomic E-state index is 0.197. The van der Waals surface area contributed by atoms with Crippen LogP contribution in [0, 0.1) is 0 Å². The van der Waals surface area contributed by atoms with E-state index in [9.17, 15) is 0 Å². The molecular weight excluding hydrogens is 196 g/mol. The fourth-order valence-corrected chi connectivity index (χ4v) is 2.52. The second-order valence-electron chi connectivity index (χ2n) is 5.30. The van der Waals surface area contributed by atoms with Crippen LogP contribution in [0.25, 0.3) is 0 Å². The van der Waals surface area contributed by atoms with Crippen LogP contribution in [0.1, 0.15) is 30.9 Å². The molecule has 1 aromatic carbocycles. The summed E-state index contributed by atoms with van der Waals surface area (Å²) in [7, 11) is 4.23. The number of nitrogens with zero attached hydrogens (tertiary/aromatic N) is 1. The van der Waals surface area contributed by atoms with Crippen LogP contribution in [-0.4, -0.2) is 25.5 Å². The lowest BCUT2D eigenvalue weighted by atomic mass is 9.89. The zero-order valence-electron chi connectivity index (χ0n) is 10.6. The highest BCUT2D eigenvalue weighted by Crippen LogP contribution is 2.30. The van der Waals surface area contributed by atoms with E-state index in [1.807, 2.05) is 0 Å². The van der Waals surface area contributed by atoms with Crippen molar-refractivity contribution in [3.8, 4) is 0 Å². The molecule has 2 rings (SSSR count). The van der Waals surface area contributed by atoms with Gasteiger partial charge in [0.15, 0.2) is 0 Å². The van der Waals surface area contributed by atoms with Gasteiger partial charge < -0.3 is 10.2 Å². The summed E-state index contributed by atoms with van der Waals surface area (Å²) in [5.41, 5.74) is 3.03. The van der Waals surface area contributed by atoms with Crippen LogP contribution in [0.3, 0.4) is 0 Å². The van der Waals surface area contributed by atoms with Gasteiger partial charge in [-0.1, -0.05) is 24.3 Å². The molecule has 1 aliphatic heterocycles. The van der Waals surface area contributed by atoms with Crippen molar-refractivity contribution >= 4 is 0 Å². The van der Waals surface area contributed by atoms with Crippen molar-refractivity contribution in [2.24, 2.45) is 0 Å². The van der Waals surface area contributed by atoms with Crippen molar-refractivity contribution in [1.29, 1.82) is 0 Å². The average Bonchev–Trinajstić information content (AvgIpc) is 2.66. The van der Waals surface area contributed by atoms with E-state index in [1.165, 1.54) is 24.0 Å². The van der Waals surface area contributed by atoms with Gasteiger partial charge in [0, 0.05) is 12.1 Å². The van der Waals surface area contributed by atoms with Gasteiger partial charge in [-0.25, -0.2) is 0 Å². The van der Waals surface area contributed by atoms with E-state index in [-0.39, 0.29) is 5.54 Å². The molecule has 2 heteroatoms. The molecule has 0 spiro atoms. The highest BCUT2D eigenvalue weighted by Gasteiger charge is 2.29. The zero-order chi connectivity index (χ0) is 11.6. The SMILES string of the molecule is CN(C)Cc1cccc(C2(C)CCCN2)c1. The van der Waals surface area contributed by atoms with Crippen molar-refractivity contribution in [2.45, 2.75) is 31.8 Å². The number of hydrogen-bond donors (Lipinski definition) is 1. The number of benzene rings is 1. The molecule has 1 fully saturated rings. The van der Waals surface area contributed by atoms with Crippen LogP contribution >= 0.6 is 0 Å². The molecule has 0 aromatic heterocycles. The minimum atomic E-state index is 0.197. The quantitative estimate of drug-likeness (QED) is 0.838. The van der Waals surface area contributed by atoms with E-state index < -0.39 is 0 Å². The molecule has 1 saturated heterocycles. The van der Waals surface area contributed by atoms with Crippen LogP contribution in [0.4, 0.5) is 0 Å². The first-order valence-corrected chi connectivity index (χ1v) is 6.09. The van der Waals surface area contributed by atoms with Crippen LogP contribution in [0.2, 0.25) is 0 Å². The summed E-state index contributed by atoms with van der Waals surface area (Å²) in [6, 6.07) is 8.98. The third-order valence-corrected chi connectivity index (χ3v) is 3.43. The highest BCUT2D eigenvalue weighted by atomic mass is 15.0. The molecule has 0 radical (unpaired) electrons. The Morgan fingerprint density at radius 3 is 2.81 bits per heavy atom. The van der Waals surface area contributed by atoms with Crippen molar-refractivity contribution in [3.05, 3.63) is 35.4 Å². The van der Waals surface area contributed by atoms with Crippen LogP contribution < -0.4 is 5.32 Å². The molecule has 0 saturated carbocycles. The first-order valence-electron chi connectivity index (χ1n) is 6.09. The molecule has 1 unspecified atom stereocenters. The molecule has 1 heterocycles. The molecule has 1 N–H and O–H groups in total. The van der Waals surface area contributed by atoms with E-state index in [4.69, 9.17) is 0 Å². The van der Waals surface area contributed by atoms with E-state index in [0.717, 1.165) is 13.1 Å². The van der Waals surface area contributed by atoms with Crippen molar-refractivity contribution in [2.75, 3.05) is 20.6 Å². The smallest absolute Gasteiger partial charge is 0.0406 e. The van der Waals surface area contributed by atoms with Crippen LogP contribution in [0.5, 0.6) is 0 Å². The normalized spacial score (nSPS) is 25.2. The number of hydrogen-bond acceptors (Lipinski definition) is 2. The van der Waals surface area contributed by atoms with Gasteiger partial charge in [0.1, 0.15) is 0 Å². The number of rotatable bonds is 3. The monoisotopic (exact) mass is 218 g/mol. The molecule has 1 aromatic rings. The standard InChI is InChI=1S/C14H22N2/c1-14(8-5-9-15-14)13-7-4-6-12(10-13)11-16(2)3/h4,6-7,10,15H,5,8-9,11H2,1-3H3. The Morgan fingerprint density at radius 2 is 2.19 bits per heavy atom. The average molecular weight is 218 g/mol. The predicted molar refractivity (Wildman–Crippen MR) is 68.4 cm³/mol. The Bertz CT molecular complexity index is 352.